The highest BCUT2D eigenvalue weighted by Gasteiger charge is 2.58. The third kappa shape index (κ3) is 2.16. The minimum absolute atomic E-state index is 0.109. The lowest BCUT2D eigenvalue weighted by Crippen LogP contribution is -2.49. The molecule has 0 aromatic rings. The molecule has 0 aromatic heterocycles. The van der Waals surface area contributed by atoms with E-state index in [2.05, 4.69) is 32.1 Å². The molecule has 4 rings (SSSR count). The van der Waals surface area contributed by atoms with E-state index in [-0.39, 0.29) is 17.5 Å². The van der Waals surface area contributed by atoms with Gasteiger partial charge in [-0.25, -0.2) is 0 Å². The molecule has 0 N–H and O–H groups in total. The van der Waals surface area contributed by atoms with Crippen molar-refractivity contribution >= 4 is 5.97 Å². The van der Waals surface area contributed by atoms with Crippen LogP contribution in [-0.4, -0.2) is 12.1 Å². The number of rotatable bonds is 1. The molecule has 0 spiro atoms. The molecule has 0 saturated heterocycles. The van der Waals surface area contributed by atoms with Gasteiger partial charge in [0.05, 0.1) is 0 Å². The van der Waals surface area contributed by atoms with Crippen LogP contribution >= 0.6 is 0 Å². The Kier molecular flexibility index (Phi) is 3.52. The third-order valence-electron chi connectivity index (χ3n) is 7.79. The molecule has 0 bridgehead atoms. The van der Waals surface area contributed by atoms with Crippen molar-refractivity contribution in [1.29, 1.82) is 0 Å². The standard InChI is InChI=1S/C21H30O2/c1-14(22)23-19-10-9-17-16-8-7-15-6-4-5-12-20(15,2)18(16)11-13-21(17,19)3/h6-8,16-19H,4-5,9-13H2,1-3H3/t16-,17-,18-,19-,20-,21-/m0/s1. The van der Waals surface area contributed by atoms with Crippen molar-refractivity contribution in [3.8, 4) is 0 Å². The summed E-state index contributed by atoms with van der Waals surface area (Å²) in [5.74, 6) is 2.03. The molecular weight excluding hydrogens is 284 g/mol. The van der Waals surface area contributed by atoms with Crippen LogP contribution in [0, 0.1) is 28.6 Å². The summed E-state index contributed by atoms with van der Waals surface area (Å²) < 4.78 is 5.72. The molecule has 23 heavy (non-hydrogen) atoms. The van der Waals surface area contributed by atoms with Gasteiger partial charge in [0.15, 0.2) is 0 Å². The predicted molar refractivity (Wildman–Crippen MR) is 91.8 cm³/mol. The Labute approximate surface area is 140 Å². The first-order valence-corrected chi connectivity index (χ1v) is 9.51. The number of allylic oxidation sites excluding steroid dienone is 4. The smallest absolute Gasteiger partial charge is 0.302 e. The first-order chi connectivity index (χ1) is 10.9. The van der Waals surface area contributed by atoms with Gasteiger partial charge in [-0.05, 0) is 73.7 Å². The number of hydrogen-bond donors (Lipinski definition) is 0. The molecule has 2 saturated carbocycles. The van der Waals surface area contributed by atoms with Gasteiger partial charge in [-0.2, -0.15) is 0 Å². The summed E-state index contributed by atoms with van der Waals surface area (Å²) in [5.41, 5.74) is 2.17. The summed E-state index contributed by atoms with van der Waals surface area (Å²) in [5, 5.41) is 0. The number of hydrogen-bond acceptors (Lipinski definition) is 2. The highest BCUT2D eigenvalue weighted by molar-refractivity contribution is 5.66. The Morgan fingerprint density at radius 3 is 2.78 bits per heavy atom. The van der Waals surface area contributed by atoms with Crippen LogP contribution in [0.1, 0.15) is 65.7 Å². The molecule has 4 aliphatic rings. The minimum Gasteiger partial charge on any atom is -0.462 e. The molecule has 2 heteroatoms. The fraction of sp³-hybridized carbons (Fsp3) is 0.762. The molecule has 0 aliphatic heterocycles. The maximum absolute atomic E-state index is 11.5. The second kappa shape index (κ2) is 5.22. The van der Waals surface area contributed by atoms with Crippen molar-refractivity contribution in [2.75, 3.05) is 0 Å². The van der Waals surface area contributed by atoms with Crippen LogP contribution in [0.3, 0.4) is 0 Å². The fourth-order valence-electron chi connectivity index (χ4n) is 6.53. The van der Waals surface area contributed by atoms with E-state index in [1.54, 1.807) is 12.5 Å². The number of ether oxygens (including phenoxy) is 1. The van der Waals surface area contributed by atoms with E-state index in [1.807, 2.05) is 0 Å². The SMILES string of the molecule is CC(=O)O[C@H]1CC[C@H]2[C@@H]3C=CC4=CCCC[C@]4(C)[C@H]3CC[C@]12C. The second-order valence-electron chi connectivity index (χ2n) is 8.84. The first-order valence-electron chi connectivity index (χ1n) is 9.51. The van der Waals surface area contributed by atoms with Crippen LogP contribution in [0.25, 0.3) is 0 Å². The number of esters is 1. The summed E-state index contributed by atoms with van der Waals surface area (Å²) in [6.45, 7) is 6.46. The first kappa shape index (κ1) is 15.5. The van der Waals surface area contributed by atoms with Crippen LogP contribution < -0.4 is 0 Å². The van der Waals surface area contributed by atoms with Gasteiger partial charge in [0.2, 0.25) is 0 Å². The summed E-state index contributed by atoms with van der Waals surface area (Å²) in [7, 11) is 0. The van der Waals surface area contributed by atoms with Gasteiger partial charge in [-0.1, -0.05) is 32.1 Å². The maximum atomic E-state index is 11.5. The fourth-order valence-corrected chi connectivity index (χ4v) is 6.53. The normalized spacial score (nSPS) is 48.0. The zero-order valence-corrected chi connectivity index (χ0v) is 14.8. The van der Waals surface area contributed by atoms with Gasteiger partial charge in [-0.15, -0.1) is 0 Å². The summed E-state index contributed by atoms with van der Waals surface area (Å²) in [6, 6.07) is 0. The second-order valence-corrected chi connectivity index (χ2v) is 8.84. The van der Waals surface area contributed by atoms with Crippen LogP contribution in [0.15, 0.2) is 23.8 Å². The Morgan fingerprint density at radius 1 is 1.17 bits per heavy atom. The van der Waals surface area contributed by atoms with E-state index in [0.29, 0.717) is 17.3 Å². The summed E-state index contributed by atoms with van der Waals surface area (Å²) in [4.78, 5) is 11.5. The van der Waals surface area contributed by atoms with Crippen molar-refractivity contribution in [1.82, 2.24) is 0 Å². The Balaban J connectivity index is 1.66. The lowest BCUT2D eigenvalue weighted by atomic mass is 9.49. The van der Waals surface area contributed by atoms with Crippen LogP contribution in [0.5, 0.6) is 0 Å². The lowest BCUT2D eigenvalue weighted by molar-refractivity contribution is -0.155. The maximum Gasteiger partial charge on any atom is 0.302 e. The molecule has 0 aromatic carbocycles. The van der Waals surface area contributed by atoms with Gasteiger partial charge in [0.1, 0.15) is 6.10 Å². The predicted octanol–water partition coefficient (Wildman–Crippen LogP) is 5.05. The zero-order chi connectivity index (χ0) is 16.2. The molecule has 4 aliphatic carbocycles. The average molecular weight is 314 g/mol. The Bertz CT molecular complexity index is 574. The number of carbonyl (C=O) groups is 1. The van der Waals surface area contributed by atoms with Crippen LogP contribution in [0.4, 0.5) is 0 Å². The van der Waals surface area contributed by atoms with E-state index >= 15 is 0 Å². The van der Waals surface area contributed by atoms with Crippen LogP contribution in [-0.2, 0) is 9.53 Å². The molecule has 0 amide bonds. The number of carbonyl (C=O) groups excluding carboxylic acids is 1. The summed E-state index contributed by atoms with van der Waals surface area (Å²) in [6.07, 6.45) is 16.3. The van der Waals surface area contributed by atoms with Crippen molar-refractivity contribution in [2.45, 2.75) is 71.8 Å². The summed E-state index contributed by atoms with van der Waals surface area (Å²) >= 11 is 0. The largest absolute Gasteiger partial charge is 0.462 e. The van der Waals surface area contributed by atoms with E-state index in [1.165, 1.54) is 38.5 Å². The van der Waals surface area contributed by atoms with Gasteiger partial charge in [0.25, 0.3) is 0 Å². The topological polar surface area (TPSA) is 26.3 Å². The average Bonchev–Trinajstić information content (AvgIpc) is 2.83. The molecule has 0 radical (unpaired) electrons. The van der Waals surface area contributed by atoms with Gasteiger partial charge in [0, 0.05) is 12.3 Å². The van der Waals surface area contributed by atoms with Crippen molar-refractivity contribution < 1.29 is 9.53 Å². The lowest BCUT2D eigenvalue weighted by Gasteiger charge is -2.55. The van der Waals surface area contributed by atoms with E-state index in [9.17, 15) is 4.79 Å². The molecule has 6 atom stereocenters. The monoisotopic (exact) mass is 314 g/mol. The van der Waals surface area contributed by atoms with Crippen molar-refractivity contribution in [3.05, 3.63) is 23.8 Å². The quantitative estimate of drug-likeness (QED) is 0.633. The molecule has 0 heterocycles. The highest BCUT2D eigenvalue weighted by Crippen LogP contribution is 2.64. The van der Waals surface area contributed by atoms with Gasteiger partial charge >= 0.3 is 5.97 Å². The third-order valence-corrected chi connectivity index (χ3v) is 7.79. The zero-order valence-electron chi connectivity index (χ0n) is 14.8. The molecule has 126 valence electrons. The minimum atomic E-state index is -0.109. The van der Waals surface area contributed by atoms with E-state index < -0.39 is 0 Å². The van der Waals surface area contributed by atoms with Crippen molar-refractivity contribution in [3.63, 3.8) is 0 Å². The van der Waals surface area contributed by atoms with Gasteiger partial charge in [-0.3, -0.25) is 4.79 Å². The van der Waals surface area contributed by atoms with E-state index in [4.69, 9.17) is 4.74 Å². The molecular formula is C21H30O2. The van der Waals surface area contributed by atoms with Crippen LogP contribution in [0.2, 0.25) is 0 Å². The van der Waals surface area contributed by atoms with Crippen molar-refractivity contribution in [2.24, 2.45) is 28.6 Å². The van der Waals surface area contributed by atoms with E-state index in [0.717, 1.165) is 12.3 Å². The Morgan fingerprint density at radius 2 is 2.00 bits per heavy atom. The molecule has 2 fully saturated rings. The van der Waals surface area contributed by atoms with Gasteiger partial charge < -0.3 is 4.74 Å². The molecule has 0 unspecified atom stereocenters. The molecule has 2 nitrogen and oxygen atoms in total. The number of fused-ring (bicyclic) bond motifs is 5. The Hall–Kier alpha value is -1.05. The highest BCUT2D eigenvalue weighted by atomic mass is 16.5.